The largest absolute Gasteiger partial charge is 0.496 e. The molecule has 0 aliphatic heterocycles. The Hall–Kier alpha value is -4.01. The first-order valence-electron chi connectivity index (χ1n) is 9.76. The van der Waals surface area contributed by atoms with Gasteiger partial charge in [0.1, 0.15) is 5.75 Å². The summed E-state index contributed by atoms with van der Waals surface area (Å²) in [6.07, 6.45) is -4.40. The maximum absolute atomic E-state index is 12.9. The fourth-order valence-electron chi connectivity index (χ4n) is 3.40. The van der Waals surface area contributed by atoms with Gasteiger partial charge in [-0.2, -0.15) is 13.2 Å². The Labute approximate surface area is 187 Å². The lowest BCUT2D eigenvalue weighted by Crippen LogP contribution is -2.04. The van der Waals surface area contributed by atoms with Gasteiger partial charge in [0, 0.05) is 17.7 Å². The number of nitrogens with zero attached hydrogens (tertiary/aromatic N) is 2. The highest BCUT2D eigenvalue weighted by Crippen LogP contribution is 2.41. The molecule has 33 heavy (non-hydrogen) atoms. The number of hydrogen-bond acceptors (Lipinski definition) is 6. The van der Waals surface area contributed by atoms with Gasteiger partial charge in [0.05, 0.1) is 32.5 Å². The molecule has 0 fully saturated rings. The van der Waals surface area contributed by atoms with Crippen molar-refractivity contribution in [1.29, 1.82) is 0 Å². The van der Waals surface area contributed by atoms with E-state index in [1.54, 1.807) is 36.4 Å². The van der Waals surface area contributed by atoms with E-state index in [1.807, 2.05) is 0 Å². The third-order valence-corrected chi connectivity index (χ3v) is 5.04. The van der Waals surface area contributed by atoms with Crippen LogP contribution in [0.3, 0.4) is 0 Å². The Morgan fingerprint density at radius 1 is 0.667 bits per heavy atom. The van der Waals surface area contributed by atoms with E-state index in [1.165, 1.54) is 33.5 Å². The van der Waals surface area contributed by atoms with Gasteiger partial charge in [-0.3, -0.25) is 0 Å². The molecule has 0 N–H and O–H groups in total. The van der Waals surface area contributed by atoms with Gasteiger partial charge in [0.15, 0.2) is 11.5 Å². The predicted molar refractivity (Wildman–Crippen MR) is 115 cm³/mol. The normalized spacial score (nSPS) is 11.3. The minimum atomic E-state index is -4.40. The zero-order chi connectivity index (χ0) is 23.6. The van der Waals surface area contributed by atoms with E-state index in [-0.39, 0.29) is 11.8 Å². The van der Waals surface area contributed by atoms with Crippen LogP contribution in [0.15, 0.2) is 65.1 Å². The minimum Gasteiger partial charge on any atom is -0.496 e. The third kappa shape index (κ3) is 4.34. The Kier molecular flexibility index (Phi) is 5.95. The molecule has 4 rings (SSSR count). The van der Waals surface area contributed by atoms with Crippen molar-refractivity contribution in [2.75, 3.05) is 21.3 Å². The molecule has 3 aromatic carbocycles. The topological polar surface area (TPSA) is 66.6 Å². The van der Waals surface area contributed by atoms with Crippen LogP contribution in [0.4, 0.5) is 13.2 Å². The van der Waals surface area contributed by atoms with Crippen molar-refractivity contribution in [2.45, 2.75) is 6.18 Å². The molecular formula is C24H19F3N2O4. The lowest BCUT2D eigenvalue weighted by atomic mass is 9.98. The molecule has 0 amide bonds. The molecule has 0 atom stereocenters. The number of rotatable bonds is 6. The predicted octanol–water partition coefficient (Wildman–Crippen LogP) is 6.12. The highest BCUT2D eigenvalue weighted by atomic mass is 19.4. The number of methoxy groups -OCH3 is 3. The molecule has 1 heterocycles. The van der Waals surface area contributed by atoms with E-state index in [0.717, 1.165) is 12.1 Å². The van der Waals surface area contributed by atoms with Crippen molar-refractivity contribution in [2.24, 2.45) is 0 Å². The molecule has 0 saturated heterocycles. The van der Waals surface area contributed by atoms with E-state index < -0.39 is 11.7 Å². The molecule has 9 heteroatoms. The summed E-state index contributed by atoms with van der Waals surface area (Å²) in [6.45, 7) is 0. The van der Waals surface area contributed by atoms with E-state index in [0.29, 0.717) is 39.5 Å². The molecule has 0 radical (unpaired) electrons. The summed E-state index contributed by atoms with van der Waals surface area (Å²) in [4.78, 5) is 0. The molecule has 0 unspecified atom stereocenters. The van der Waals surface area contributed by atoms with Crippen LogP contribution >= 0.6 is 0 Å². The van der Waals surface area contributed by atoms with Crippen molar-refractivity contribution in [3.05, 3.63) is 66.2 Å². The van der Waals surface area contributed by atoms with Gasteiger partial charge >= 0.3 is 6.18 Å². The first-order chi connectivity index (χ1) is 15.9. The average Bonchev–Trinajstić information content (AvgIpc) is 3.32. The molecule has 0 spiro atoms. The molecule has 0 saturated carbocycles. The number of aromatic nitrogens is 2. The Morgan fingerprint density at radius 2 is 1.21 bits per heavy atom. The summed E-state index contributed by atoms with van der Waals surface area (Å²) in [7, 11) is 4.52. The van der Waals surface area contributed by atoms with Gasteiger partial charge in [-0.05, 0) is 29.3 Å². The van der Waals surface area contributed by atoms with Crippen LogP contribution in [-0.2, 0) is 6.18 Å². The summed E-state index contributed by atoms with van der Waals surface area (Å²) < 4.78 is 60.8. The highest BCUT2D eigenvalue weighted by Gasteiger charge is 2.30. The maximum atomic E-state index is 12.9. The monoisotopic (exact) mass is 456 g/mol. The average molecular weight is 456 g/mol. The number of benzene rings is 3. The van der Waals surface area contributed by atoms with Crippen LogP contribution in [0.5, 0.6) is 17.2 Å². The summed E-state index contributed by atoms with van der Waals surface area (Å²) in [5.41, 5.74) is 1.60. The molecular weight excluding hydrogens is 437 g/mol. The number of hydrogen-bond donors (Lipinski definition) is 0. The molecule has 0 aliphatic rings. The third-order valence-electron chi connectivity index (χ3n) is 5.04. The van der Waals surface area contributed by atoms with Crippen molar-refractivity contribution in [3.8, 4) is 51.3 Å². The standard InChI is InChI=1S/C24H19F3N2O4/c1-30-19-13-21(32-3)20(31-2)12-18(19)23-29-28-22(33-23)17-7-5-4-6-16(17)14-8-10-15(11-9-14)24(25,26)27/h4-13H,1-3H3. The van der Waals surface area contributed by atoms with Gasteiger partial charge in [0.2, 0.25) is 5.89 Å². The van der Waals surface area contributed by atoms with Crippen molar-refractivity contribution < 1.29 is 31.8 Å². The minimum absolute atomic E-state index is 0.185. The lowest BCUT2D eigenvalue weighted by molar-refractivity contribution is -0.137. The molecule has 6 nitrogen and oxygen atoms in total. The molecule has 1 aromatic heterocycles. The molecule has 4 aromatic rings. The Balaban J connectivity index is 1.75. The van der Waals surface area contributed by atoms with Gasteiger partial charge in [-0.25, -0.2) is 0 Å². The van der Waals surface area contributed by atoms with Crippen LogP contribution in [0.25, 0.3) is 34.0 Å². The quantitative estimate of drug-likeness (QED) is 0.349. The van der Waals surface area contributed by atoms with E-state index in [9.17, 15) is 13.2 Å². The fourth-order valence-corrected chi connectivity index (χ4v) is 3.40. The van der Waals surface area contributed by atoms with Gasteiger partial charge in [-0.1, -0.05) is 30.3 Å². The second-order valence-corrected chi connectivity index (χ2v) is 6.94. The molecule has 0 aliphatic carbocycles. The number of alkyl halides is 3. The smallest absolute Gasteiger partial charge is 0.416 e. The van der Waals surface area contributed by atoms with E-state index >= 15 is 0 Å². The van der Waals surface area contributed by atoms with Crippen molar-refractivity contribution in [3.63, 3.8) is 0 Å². The summed E-state index contributed by atoms with van der Waals surface area (Å²) in [5.74, 6) is 1.77. The SMILES string of the molecule is COc1cc(OC)c(-c2nnc(-c3ccccc3-c3ccc(C(F)(F)F)cc3)o2)cc1OC. The van der Waals surface area contributed by atoms with Gasteiger partial charge < -0.3 is 18.6 Å². The van der Waals surface area contributed by atoms with E-state index in [2.05, 4.69) is 10.2 Å². The van der Waals surface area contributed by atoms with Crippen molar-refractivity contribution >= 4 is 0 Å². The first kappa shape index (κ1) is 22.2. The summed E-state index contributed by atoms with van der Waals surface area (Å²) in [6, 6.07) is 15.3. The number of halogens is 3. The Morgan fingerprint density at radius 3 is 1.79 bits per heavy atom. The fraction of sp³-hybridized carbons (Fsp3) is 0.167. The maximum Gasteiger partial charge on any atom is 0.416 e. The van der Waals surface area contributed by atoms with Crippen LogP contribution in [0, 0.1) is 0 Å². The first-order valence-corrected chi connectivity index (χ1v) is 9.76. The van der Waals surface area contributed by atoms with Crippen molar-refractivity contribution in [1.82, 2.24) is 10.2 Å². The van der Waals surface area contributed by atoms with Crippen LogP contribution in [0.2, 0.25) is 0 Å². The van der Waals surface area contributed by atoms with Crippen LogP contribution < -0.4 is 14.2 Å². The van der Waals surface area contributed by atoms with E-state index in [4.69, 9.17) is 18.6 Å². The molecule has 0 bridgehead atoms. The van der Waals surface area contributed by atoms with Gasteiger partial charge in [0.25, 0.3) is 5.89 Å². The summed E-state index contributed by atoms with van der Waals surface area (Å²) >= 11 is 0. The second kappa shape index (κ2) is 8.85. The lowest BCUT2D eigenvalue weighted by Gasteiger charge is -2.12. The summed E-state index contributed by atoms with van der Waals surface area (Å²) in [5, 5.41) is 8.30. The molecule has 170 valence electrons. The highest BCUT2D eigenvalue weighted by molar-refractivity contribution is 5.80. The zero-order valence-electron chi connectivity index (χ0n) is 17.9. The van der Waals surface area contributed by atoms with Crippen LogP contribution in [-0.4, -0.2) is 31.5 Å². The second-order valence-electron chi connectivity index (χ2n) is 6.94. The Bertz CT molecular complexity index is 1270. The van der Waals surface area contributed by atoms with Crippen LogP contribution in [0.1, 0.15) is 5.56 Å². The van der Waals surface area contributed by atoms with Gasteiger partial charge in [-0.15, -0.1) is 10.2 Å². The zero-order valence-corrected chi connectivity index (χ0v) is 17.9. The number of ether oxygens (including phenoxy) is 3.